The van der Waals surface area contributed by atoms with Crippen LogP contribution in [0.5, 0.6) is 5.75 Å². The van der Waals surface area contributed by atoms with Crippen molar-refractivity contribution in [2.75, 3.05) is 39.9 Å². The molecule has 2 amide bonds. The number of likely N-dealkylation sites (tertiary alicyclic amines) is 2. The fraction of sp³-hybridized carbons (Fsp3) is 0.600. The average molecular weight is 360 g/mol. The van der Waals surface area contributed by atoms with E-state index in [1.165, 1.54) is 0 Å². The molecule has 0 bridgehead atoms. The van der Waals surface area contributed by atoms with E-state index in [-0.39, 0.29) is 17.9 Å². The maximum Gasteiger partial charge on any atom is 0.253 e. The van der Waals surface area contributed by atoms with Gasteiger partial charge in [-0.25, -0.2) is 0 Å². The van der Waals surface area contributed by atoms with E-state index in [4.69, 9.17) is 9.47 Å². The Labute approximate surface area is 155 Å². The lowest BCUT2D eigenvalue weighted by molar-refractivity contribution is -0.133. The van der Waals surface area contributed by atoms with Crippen LogP contribution in [0.25, 0.3) is 0 Å². The highest BCUT2D eigenvalue weighted by molar-refractivity contribution is 5.94. The molecule has 0 aliphatic carbocycles. The largest absolute Gasteiger partial charge is 0.490 e. The Morgan fingerprint density at radius 3 is 2.27 bits per heavy atom. The van der Waals surface area contributed by atoms with Crippen LogP contribution in [0.4, 0.5) is 0 Å². The number of nitrogens with zero attached hydrogens (tertiary/aromatic N) is 2. The molecular formula is C20H28N2O4. The second-order valence-corrected chi connectivity index (χ2v) is 6.96. The zero-order chi connectivity index (χ0) is 18.4. The first-order valence-electron chi connectivity index (χ1n) is 9.50. The first kappa shape index (κ1) is 18.7. The van der Waals surface area contributed by atoms with E-state index < -0.39 is 0 Å². The number of methoxy groups -OCH3 is 1. The summed E-state index contributed by atoms with van der Waals surface area (Å²) in [5, 5.41) is 0. The van der Waals surface area contributed by atoms with Gasteiger partial charge in [-0.1, -0.05) is 0 Å². The summed E-state index contributed by atoms with van der Waals surface area (Å²) in [6.07, 6.45) is 4.40. The Morgan fingerprint density at radius 1 is 1.00 bits per heavy atom. The molecule has 0 aromatic heterocycles. The number of carbonyl (C=O) groups excluding carboxylic acids is 2. The van der Waals surface area contributed by atoms with E-state index in [9.17, 15) is 9.59 Å². The molecule has 2 saturated heterocycles. The van der Waals surface area contributed by atoms with Crippen molar-refractivity contribution in [2.45, 2.75) is 38.2 Å². The first-order valence-corrected chi connectivity index (χ1v) is 9.50. The Balaban J connectivity index is 1.46. The Kier molecular flexibility index (Phi) is 6.50. The zero-order valence-electron chi connectivity index (χ0n) is 15.5. The summed E-state index contributed by atoms with van der Waals surface area (Å²) >= 11 is 0. The topological polar surface area (TPSA) is 59.1 Å². The van der Waals surface area contributed by atoms with Crippen molar-refractivity contribution < 1.29 is 19.1 Å². The number of carbonyl (C=O) groups is 2. The molecule has 0 saturated carbocycles. The lowest BCUT2D eigenvalue weighted by Gasteiger charge is -2.32. The van der Waals surface area contributed by atoms with Crippen LogP contribution in [-0.4, -0.2) is 67.6 Å². The molecule has 0 spiro atoms. The Morgan fingerprint density at radius 2 is 1.65 bits per heavy atom. The normalized spacial score (nSPS) is 18.2. The minimum absolute atomic E-state index is 0.108. The van der Waals surface area contributed by atoms with Gasteiger partial charge in [0.1, 0.15) is 11.9 Å². The molecule has 0 unspecified atom stereocenters. The van der Waals surface area contributed by atoms with Crippen molar-refractivity contribution in [3.8, 4) is 5.75 Å². The summed E-state index contributed by atoms with van der Waals surface area (Å²) in [6, 6.07) is 7.44. The van der Waals surface area contributed by atoms with Gasteiger partial charge in [-0.3, -0.25) is 9.59 Å². The molecular weight excluding hydrogens is 332 g/mol. The van der Waals surface area contributed by atoms with Gasteiger partial charge in [0.2, 0.25) is 5.91 Å². The molecule has 2 aliphatic rings. The maximum atomic E-state index is 12.4. The second-order valence-electron chi connectivity index (χ2n) is 6.96. The van der Waals surface area contributed by atoms with E-state index >= 15 is 0 Å². The molecule has 0 radical (unpaired) electrons. The molecule has 6 nitrogen and oxygen atoms in total. The van der Waals surface area contributed by atoms with Gasteiger partial charge in [0.25, 0.3) is 5.91 Å². The van der Waals surface area contributed by atoms with Crippen LogP contribution in [0.2, 0.25) is 0 Å². The fourth-order valence-corrected chi connectivity index (χ4v) is 3.54. The molecule has 1 aromatic carbocycles. The van der Waals surface area contributed by atoms with Crippen LogP contribution in [0, 0.1) is 0 Å². The minimum Gasteiger partial charge on any atom is -0.490 e. The Hall–Kier alpha value is -2.08. The standard InChI is InChI=1S/C20H28N2O4/c1-25-15-10-19(23)21-13-8-18(9-14-21)26-17-6-4-16(5-7-17)20(24)22-11-2-3-12-22/h4-7,18H,2-3,8-15H2,1H3. The fourth-order valence-electron chi connectivity index (χ4n) is 3.54. The van der Waals surface area contributed by atoms with Crippen molar-refractivity contribution in [1.29, 1.82) is 0 Å². The van der Waals surface area contributed by atoms with Gasteiger partial charge in [-0.15, -0.1) is 0 Å². The average Bonchev–Trinajstić information content (AvgIpc) is 3.21. The quantitative estimate of drug-likeness (QED) is 0.781. The lowest BCUT2D eigenvalue weighted by atomic mass is 10.1. The van der Waals surface area contributed by atoms with Crippen molar-refractivity contribution in [3.63, 3.8) is 0 Å². The molecule has 0 atom stereocenters. The van der Waals surface area contributed by atoms with Gasteiger partial charge in [0, 0.05) is 51.7 Å². The van der Waals surface area contributed by atoms with Gasteiger partial charge >= 0.3 is 0 Å². The molecule has 142 valence electrons. The zero-order valence-corrected chi connectivity index (χ0v) is 15.5. The SMILES string of the molecule is COCCC(=O)N1CCC(Oc2ccc(C(=O)N3CCCC3)cc2)CC1. The molecule has 0 N–H and O–H groups in total. The highest BCUT2D eigenvalue weighted by Gasteiger charge is 2.24. The summed E-state index contributed by atoms with van der Waals surface area (Å²) in [5.41, 5.74) is 0.720. The smallest absolute Gasteiger partial charge is 0.253 e. The number of piperidine rings is 1. The second kappa shape index (κ2) is 9.03. The van der Waals surface area contributed by atoms with Gasteiger partial charge in [-0.2, -0.15) is 0 Å². The number of rotatable bonds is 6. The van der Waals surface area contributed by atoms with E-state index in [2.05, 4.69) is 0 Å². The van der Waals surface area contributed by atoms with E-state index in [0.717, 1.165) is 63.2 Å². The van der Waals surface area contributed by atoms with Gasteiger partial charge in [0.05, 0.1) is 13.0 Å². The Bertz CT molecular complexity index is 603. The van der Waals surface area contributed by atoms with Crippen molar-refractivity contribution in [1.82, 2.24) is 9.80 Å². The van der Waals surface area contributed by atoms with Crippen molar-refractivity contribution in [3.05, 3.63) is 29.8 Å². The van der Waals surface area contributed by atoms with E-state index in [0.29, 0.717) is 13.0 Å². The third kappa shape index (κ3) is 4.75. The third-order valence-electron chi connectivity index (χ3n) is 5.11. The van der Waals surface area contributed by atoms with Crippen molar-refractivity contribution in [2.24, 2.45) is 0 Å². The van der Waals surface area contributed by atoms with Gasteiger partial charge < -0.3 is 19.3 Å². The predicted octanol–water partition coefficient (Wildman–Crippen LogP) is 2.33. The summed E-state index contributed by atoms with van der Waals surface area (Å²) in [5.74, 6) is 1.04. The maximum absolute atomic E-state index is 12.4. The predicted molar refractivity (Wildman–Crippen MR) is 98.3 cm³/mol. The summed E-state index contributed by atoms with van der Waals surface area (Å²) < 4.78 is 11.0. The first-order chi connectivity index (χ1) is 12.7. The summed E-state index contributed by atoms with van der Waals surface area (Å²) in [6.45, 7) is 3.63. The number of hydrogen-bond donors (Lipinski definition) is 0. The molecule has 2 heterocycles. The van der Waals surface area contributed by atoms with E-state index in [1.54, 1.807) is 7.11 Å². The number of amides is 2. The molecule has 1 aromatic rings. The number of ether oxygens (including phenoxy) is 2. The van der Waals surface area contributed by atoms with E-state index in [1.807, 2.05) is 34.1 Å². The molecule has 3 rings (SSSR count). The van der Waals surface area contributed by atoms with Crippen LogP contribution < -0.4 is 4.74 Å². The van der Waals surface area contributed by atoms with Crippen LogP contribution in [0.15, 0.2) is 24.3 Å². The lowest BCUT2D eigenvalue weighted by Crippen LogP contribution is -2.42. The van der Waals surface area contributed by atoms with Crippen LogP contribution in [-0.2, 0) is 9.53 Å². The number of hydrogen-bond acceptors (Lipinski definition) is 4. The van der Waals surface area contributed by atoms with Crippen molar-refractivity contribution >= 4 is 11.8 Å². The van der Waals surface area contributed by atoms with Crippen LogP contribution >= 0.6 is 0 Å². The highest BCUT2D eigenvalue weighted by atomic mass is 16.5. The summed E-state index contributed by atoms with van der Waals surface area (Å²) in [4.78, 5) is 28.2. The van der Waals surface area contributed by atoms with Gasteiger partial charge in [0.15, 0.2) is 0 Å². The molecule has 26 heavy (non-hydrogen) atoms. The number of benzene rings is 1. The van der Waals surface area contributed by atoms with Crippen LogP contribution in [0.1, 0.15) is 42.5 Å². The molecule has 2 aliphatic heterocycles. The third-order valence-corrected chi connectivity index (χ3v) is 5.11. The monoisotopic (exact) mass is 360 g/mol. The molecule has 6 heteroatoms. The molecule has 2 fully saturated rings. The van der Waals surface area contributed by atoms with Gasteiger partial charge in [-0.05, 0) is 37.1 Å². The summed E-state index contributed by atoms with van der Waals surface area (Å²) in [7, 11) is 1.61. The van der Waals surface area contributed by atoms with Crippen LogP contribution in [0.3, 0.4) is 0 Å². The highest BCUT2D eigenvalue weighted by Crippen LogP contribution is 2.21. The minimum atomic E-state index is 0.108.